The summed E-state index contributed by atoms with van der Waals surface area (Å²) in [6.07, 6.45) is 2.17. The van der Waals surface area contributed by atoms with Gasteiger partial charge in [0.1, 0.15) is 5.75 Å². The summed E-state index contributed by atoms with van der Waals surface area (Å²) in [6, 6.07) is 18.8. The van der Waals surface area contributed by atoms with Crippen LogP contribution in [0.1, 0.15) is 19.8 Å². The Labute approximate surface area is 155 Å². The molecule has 0 unspecified atom stereocenters. The largest absolute Gasteiger partial charge is 0.494 e. The lowest BCUT2D eigenvalue weighted by atomic mass is 10.0. The van der Waals surface area contributed by atoms with Crippen LogP contribution < -0.4 is 15.4 Å². The minimum Gasteiger partial charge on any atom is -0.494 e. The van der Waals surface area contributed by atoms with Gasteiger partial charge in [0, 0.05) is 30.5 Å². The topological polar surface area (TPSA) is 36.5 Å². The number of hydrogen-bond donors (Lipinski definition) is 2. The summed E-state index contributed by atoms with van der Waals surface area (Å²) in [5.41, 5.74) is 2.19. The standard InChI is InChI=1S/C20H25N3OS/c1-2-24-19-10-8-17(9-11-19)22-20(25)23-14-12-18(13-15-23)21-16-6-4-3-5-7-16/h3-11,18,21H,2,12-15H2,1H3,(H,22,25). The summed E-state index contributed by atoms with van der Waals surface area (Å²) in [6.45, 7) is 4.59. The molecular weight excluding hydrogens is 330 g/mol. The minimum absolute atomic E-state index is 0.506. The highest BCUT2D eigenvalue weighted by Crippen LogP contribution is 2.19. The van der Waals surface area contributed by atoms with Gasteiger partial charge in [-0.2, -0.15) is 0 Å². The van der Waals surface area contributed by atoms with Crippen LogP contribution in [0.15, 0.2) is 54.6 Å². The van der Waals surface area contributed by atoms with E-state index in [0.29, 0.717) is 12.6 Å². The molecule has 0 radical (unpaired) electrons. The number of hydrogen-bond acceptors (Lipinski definition) is 3. The Balaban J connectivity index is 1.46. The van der Waals surface area contributed by atoms with Gasteiger partial charge >= 0.3 is 0 Å². The van der Waals surface area contributed by atoms with Gasteiger partial charge in [-0.05, 0) is 68.4 Å². The summed E-state index contributed by atoms with van der Waals surface area (Å²) in [4.78, 5) is 2.25. The normalized spacial score (nSPS) is 14.8. The SMILES string of the molecule is CCOc1ccc(NC(=S)N2CCC(Nc3ccccc3)CC2)cc1. The Hall–Kier alpha value is -2.27. The zero-order chi connectivity index (χ0) is 17.5. The molecule has 5 heteroatoms. The molecule has 2 N–H and O–H groups in total. The third-order valence-corrected chi connectivity index (χ3v) is 4.70. The predicted molar refractivity (Wildman–Crippen MR) is 108 cm³/mol. The Morgan fingerprint density at radius 3 is 2.36 bits per heavy atom. The number of rotatable bonds is 5. The maximum atomic E-state index is 5.57. The maximum Gasteiger partial charge on any atom is 0.173 e. The van der Waals surface area contributed by atoms with Crippen molar-refractivity contribution < 1.29 is 4.74 Å². The number of ether oxygens (including phenoxy) is 1. The van der Waals surface area contributed by atoms with Crippen molar-refractivity contribution in [1.82, 2.24) is 4.90 Å². The van der Waals surface area contributed by atoms with Crippen LogP contribution in [0.2, 0.25) is 0 Å². The zero-order valence-electron chi connectivity index (χ0n) is 14.6. The van der Waals surface area contributed by atoms with Crippen molar-refractivity contribution in [3.05, 3.63) is 54.6 Å². The number of likely N-dealkylation sites (tertiary alicyclic amines) is 1. The molecule has 3 rings (SSSR count). The summed E-state index contributed by atoms with van der Waals surface area (Å²) >= 11 is 5.57. The van der Waals surface area contributed by atoms with Crippen molar-refractivity contribution in [1.29, 1.82) is 0 Å². The van der Waals surface area contributed by atoms with E-state index in [1.165, 1.54) is 5.69 Å². The average Bonchev–Trinajstić information content (AvgIpc) is 2.65. The maximum absolute atomic E-state index is 5.57. The van der Waals surface area contributed by atoms with E-state index >= 15 is 0 Å². The van der Waals surface area contributed by atoms with Crippen molar-refractivity contribution in [2.24, 2.45) is 0 Å². The third kappa shape index (κ3) is 5.10. The highest BCUT2D eigenvalue weighted by atomic mass is 32.1. The molecule has 1 aliphatic rings. The zero-order valence-corrected chi connectivity index (χ0v) is 15.4. The van der Waals surface area contributed by atoms with Gasteiger partial charge in [-0.15, -0.1) is 0 Å². The number of nitrogens with one attached hydrogen (secondary N) is 2. The van der Waals surface area contributed by atoms with Gasteiger partial charge in [0.05, 0.1) is 6.61 Å². The molecule has 0 amide bonds. The molecule has 0 spiro atoms. The molecule has 0 aromatic heterocycles. The number of anilines is 2. The Morgan fingerprint density at radius 2 is 1.72 bits per heavy atom. The minimum atomic E-state index is 0.506. The molecule has 0 atom stereocenters. The van der Waals surface area contributed by atoms with E-state index in [1.54, 1.807) is 0 Å². The molecular formula is C20H25N3OS. The fourth-order valence-electron chi connectivity index (χ4n) is 3.00. The molecule has 132 valence electrons. The number of benzene rings is 2. The first-order valence-corrected chi connectivity index (χ1v) is 9.26. The molecule has 2 aromatic carbocycles. The second kappa shape index (κ2) is 8.72. The van der Waals surface area contributed by atoms with Crippen LogP contribution in [0, 0.1) is 0 Å². The highest BCUT2D eigenvalue weighted by molar-refractivity contribution is 7.80. The van der Waals surface area contributed by atoms with E-state index in [1.807, 2.05) is 37.3 Å². The van der Waals surface area contributed by atoms with E-state index in [0.717, 1.165) is 42.5 Å². The fourth-order valence-corrected chi connectivity index (χ4v) is 3.30. The molecule has 1 aliphatic heterocycles. The molecule has 0 saturated carbocycles. The van der Waals surface area contributed by atoms with E-state index < -0.39 is 0 Å². The second-order valence-electron chi connectivity index (χ2n) is 6.16. The van der Waals surface area contributed by atoms with Crippen LogP contribution in [0.25, 0.3) is 0 Å². The van der Waals surface area contributed by atoms with Crippen LogP contribution in [0.3, 0.4) is 0 Å². The number of piperidine rings is 1. The lowest BCUT2D eigenvalue weighted by Crippen LogP contribution is -2.44. The van der Waals surface area contributed by atoms with Crippen molar-refractivity contribution in [2.45, 2.75) is 25.8 Å². The molecule has 2 aromatic rings. The fraction of sp³-hybridized carbons (Fsp3) is 0.350. The van der Waals surface area contributed by atoms with E-state index in [9.17, 15) is 0 Å². The monoisotopic (exact) mass is 355 g/mol. The molecule has 1 saturated heterocycles. The smallest absolute Gasteiger partial charge is 0.173 e. The number of nitrogens with zero attached hydrogens (tertiary/aromatic N) is 1. The van der Waals surface area contributed by atoms with Crippen LogP contribution in [-0.4, -0.2) is 35.8 Å². The molecule has 0 bridgehead atoms. The Kier molecular flexibility index (Phi) is 6.12. The summed E-state index contributed by atoms with van der Waals surface area (Å²) in [7, 11) is 0. The first kappa shape index (κ1) is 17.5. The van der Waals surface area contributed by atoms with Crippen molar-refractivity contribution in [2.75, 3.05) is 30.3 Å². The van der Waals surface area contributed by atoms with Crippen molar-refractivity contribution in [3.8, 4) is 5.75 Å². The van der Waals surface area contributed by atoms with Gasteiger partial charge < -0.3 is 20.3 Å². The van der Waals surface area contributed by atoms with Gasteiger partial charge in [0.25, 0.3) is 0 Å². The van der Waals surface area contributed by atoms with E-state index in [4.69, 9.17) is 17.0 Å². The van der Waals surface area contributed by atoms with Gasteiger partial charge in [0.15, 0.2) is 5.11 Å². The van der Waals surface area contributed by atoms with Crippen LogP contribution in [0.4, 0.5) is 11.4 Å². The molecule has 4 nitrogen and oxygen atoms in total. The first-order chi connectivity index (χ1) is 12.2. The average molecular weight is 356 g/mol. The summed E-state index contributed by atoms with van der Waals surface area (Å²) in [5.74, 6) is 0.881. The van der Waals surface area contributed by atoms with E-state index in [2.05, 4.69) is 39.8 Å². The van der Waals surface area contributed by atoms with Gasteiger partial charge in [-0.1, -0.05) is 18.2 Å². The molecule has 25 heavy (non-hydrogen) atoms. The molecule has 0 aliphatic carbocycles. The summed E-state index contributed by atoms with van der Waals surface area (Å²) in [5, 5.41) is 7.72. The predicted octanol–water partition coefficient (Wildman–Crippen LogP) is 4.36. The van der Waals surface area contributed by atoms with Crippen LogP contribution >= 0.6 is 12.2 Å². The van der Waals surface area contributed by atoms with Crippen molar-refractivity contribution >= 4 is 28.7 Å². The number of thiocarbonyl (C=S) groups is 1. The van der Waals surface area contributed by atoms with Gasteiger partial charge in [-0.3, -0.25) is 0 Å². The van der Waals surface area contributed by atoms with E-state index in [-0.39, 0.29) is 0 Å². The van der Waals surface area contributed by atoms with Gasteiger partial charge in [-0.25, -0.2) is 0 Å². The third-order valence-electron chi connectivity index (χ3n) is 4.34. The molecule has 1 heterocycles. The Bertz CT molecular complexity index is 667. The number of para-hydroxylation sites is 1. The molecule has 1 fully saturated rings. The Morgan fingerprint density at radius 1 is 1.04 bits per heavy atom. The highest BCUT2D eigenvalue weighted by Gasteiger charge is 2.20. The first-order valence-electron chi connectivity index (χ1n) is 8.85. The second-order valence-corrected chi connectivity index (χ2v) is 6.55. The summed E-state index contributed by atoms with van der Waals surface area (Å²) < 4.78 is 5.46. The van der Waals surface area contributed by atoms with Crippen LogP contribution in [-0.2, 0) is 0 Å². The van der Waals surface area contributed by atoms with Crippen LogP contribution in [0.5, 0.6) is 5.75 Å². The van der Waals surface area contributed by atoms with Crippen molar-refractivity contribution in [3.63, 3.8) is 0 Å². The lowest BCUT2D eigenvalue weighted by Gasteiger charge is -2.34. The lowest BCUT2D eigenvalue weighted by molar-refractivity contribution is 0.328. The van der Waals surface area contributed by atoms with Gasteiger partial charge in [0.2, 0.25) is 0 Å². The quantitative estimate of drug-likeness (QED) is 0.780.